The first-order valence-corrected chi connectivity index (χ1v) is 5.46. The molecule has 3 nitrogen and oxygen atoms in total. The van der Waals surface area contributed by atoms with E-state index in [9.17, 15) is 21.6 Å². The lowest BCUT2D eigenvalue weighted by atomic mass is 10.4. The third-order valence-corrected chi connectivity index (χ3v) is 2.67. The molecule has 0 saturated heterocycles. The second kappa shape index (κ2) is 4.80. The Bertz CT molecular complexity index is 235. The van der Waals surface area contributed by atoms with Crippen LogP contribution in [0.2, 0.25) is 0 Å². The van der Waals surface area contributed by atoms with Crippen LogP contribution in [0.4, 0.5) is 13.2 Å². The fourth-order valence-corrected chi connectivity index (χ4v) is 1.79. The average Bonchev–Trinajstić information content (AvgIpc) is 1.97. The number of halogens is 3. The molecule has 0 aromatic heterocycles. The molecule has 0 heterocycles. The Morgan fingerprint density at radius 2 is 1.85 bits per heavy atom. The summed E-state index contributed by atoms with van der Waals surface area (Å²) < 4.78 is 57.9. The lowest BCUT2D eigenvalue weighted by Gasteiger charge is -2.08. The lowest BCUT2D eigenvalue weighted by molar-refractivity contribution is -0.121. The van der Waals surface area contributed by atoms with Crippen LogP contribution in [0, 0.1) is 0 Å². The summed E-state index contributed by atoms with van der Waals surface area (Å²) in [5.41, 5.74) is 0. The van der Waals surface area contributed by atoms with Crippen molar-refractivity contribution in [1.29, 1.82) is 0 Å². The molecule has 80 valence electrons. The van der Waals surface area contributed by atoms with Crippen molar-refractivity contribution in [2.45, 2.75) is 25.9 Å². The van der Waals surface area contributed by atoms with Crippen LogP contribution in [0.5, 0.6) is 0 Å². The highest BCUT2D eigenvalue weighted by atomic mass is 32.2. The molecule has 0 aromatic rings. The zero-order chi connectivity index (χ0) is 10.5. The van der Waals surface area contributed by atoms with Crippen LogP contribution in [0.1, 0.15) is 19.8 Å². The van der Waals surface area contributed by atoms with Crippen LogP contribution in [-0.4, -0.2) is 26.9 Å². The van der Waals surface area contributed by atoms with Crippen LogP contribution in [0.25, 0.3) is 0 Å². The van der Waals surface area contributed by atoms with E-state index >= 15 is 0 Å². The quantitative estimate of drug-likeness (QED) is 0.756. The van der Waals surface area contributed by atoms with E-state index in [2.05, 4.69) is 0 Å². The van der Waals surface area contributed by atoms with Crippen LogP contribution in [-0.2, 0) is 10.0 Å². The van der Waals surface area contributed by atoms with Gasteiger partial charge in [0.1, 0.15) is 6.54 Å². The molecule has 1 N–H and O–H groups in total. The van der Waals surface area contributed by atoms with Crippen molar-refractivity contribution >= 4 is 10.0 Å². The largest absolute Gasteiger partial charge is 0.402 e. The number of hydrogen-bond donors (Lipinski definition) is 1. The topological polar surface area (TPSA) is 46.2 Å². The fourth-order valence-electron chi connectivity index (χ4n) is 0.598. The van der Waals surface area contributed by atoms with Gasteiger partial charge in [-0.05, 0) is 6.42 Å². The summed E-state index contributed by atoms with van der Waals surface area (Å²) in [6.45, 7) is 0.276. The van der Waals surface area contributed by atoms with Crippen molar-refractivity contribution < 1.29 is 21.6 Å². The van der Waals surface area contributed by atoms with Gasteiger partial charge in [0.2, 0.25) is 10.0 Å². The van der Waals surface area contributed by atoms with Gasteiger partial charge in [-0.2, -0.15) is 13.2 Å². The summed E-state index contributed by atoms with van der Waals surface area (Å²) in [6, 6.07) is 0. The Morgan fingerprint density at radius 1 is 1.31 bits per heavy atom. The highest BCUT2D eigenvalue weighted by molar-refractivity contribution is 7.89. The van der Waals surface area contributed by atoms with Crippen molar-refractivity contribution in [3.8, 4) is 0 Å². The van der Waals surface area contributed by atoms with E-state index in [0.29, 0.717) is 12.8 Å². The molecule has 0 aromatic carbocycles. The van der Waals surface area contributed by atoms with E-state index in [1.807, 2.05) is 0 Å². The maximum absolute atomic E-state index is 11.6. The first-order chi connectivity index (χ1) is 5.77. The third kappa shape index (κ3) is 8.04. The molecule has 0 aliphatic heterocycles. The summed E-state index contributed by atoms with van der Waals surface area (Å²) in [7, 11) is -3.75. The molecule has 13 heavy (non-hydrogen) atoms. The second-order valence-corrected chi connectivity index (χ2v) is 4.54. The van der Waals surface area contributed by atoms with Crippen molar-refractivity contribution in [3.05, 3.63) is 0 Å². The van der Waals surface area contributed by atoms with E-state index in [0.717, 1.165) is 0 Å². The van der Waals surface area contributed by atoms with E-state index in [-0.39, 0.29) is 5.75 Å². The summed E-state index contributed by atoms with van der Waals surface area (Å²) in [5, 5.41) is 0. The highest BCUT2D eigenvalue weighted by Gasteiger charge is 2.29. The maximum atomic E-state index is 11.6. The lowest BCUT2D eigenvalue weighted by Crippen LogP contribution is -2.35. The van der Waals surface area contributed by atoms with E-state index in [4.69, 9.17) is 0 Å². The Labute approximate surface area is 75.4 Å². The number of sulfonamides is 1. The van der Waals surface area contributed by atoms with Crippen LogP contribution < -0.4 is 4.72 Å². The Kier molecular flexibility index (Phi) is 4.69. The van der Waals surface area contributed by atoms with Gasteiger partial charge < -0.3 is 0 Å². The van der Waals surface area contributed by atoms with Gasteiger partial charge in [0.15, 0.2) is 0 Å². The molecule has 0 fully saturated rings. The molecule has 0 bridgehead atoms. The molecule has 0 radical (unpaired) electrons. The molecule has 0 amide bonds. The summed E-state index contributed by atoms with van der Waals surface area (Å²) in [4.78, 5) is 0. The van der Waals surface area contributed by atoms with Crippen LogP contribution in [0.15, 0.2) is 0 Å². The molecular formula is C6H12F3NO2S. The van der Waals surface area contributed by atoms with Crippen LogP contribution >= 0.6 is 0 Å². The summed E-state index contributed by atoms with van der Waals surface area (Å²) in [5.74, 6) is -0.250. The van der Waals surface area contributed by atoms with Gasteiger partial charge in [-0.15, -0.1) is 0 Å². The number of hydrogen-bond acceptors (Lipinski definition) is 2. The minimum Gasteiger partial charge on any atom is -0.212 e. The number of nitrogens with one attached hydrogen (secondary N) is 1. The van der Waals surface area contributed by atoms with Gasteiger partial charge in [0.05, 0.1) is 5.75 Å². The molecule has 0 atom stereocenters. The molecule has 7 heteroatoms. The molecule has 0 spiro atoms. The van der Waals surface area contributed by atoms with Gasteiger partial charge in [-0.3, -0.25) is 0 Å². The normalized spacial score (nSPS) is 13.2. The number of alkyl halides is 3. The van der Waals surface area contributed by atoms with Crippen LogP contribution in [0.3, 0.4) is 0 Å². The molecular weight excluding hydrogens is 207 g/mol. The van der Waals surface area contributed by atoms with Crippen molar-refractivity contribution in [2.24, 2.45) is 0 Å². The SMILES string of the molecule is CCCCS(=O)(=O)NCC(F)(F)F. The van der Waals surface area contributed by atoms with Crippen molar-refractivity contribution in [3.63, 3.8) is 0 Å². The molecule has 0 aliphatic rings. The molecule has 0 rings (SSSR count). The second-order valence-electron chi connectivity index (χ2n) is 2.61. The zero-order valence-electron chi connectivity index (χ0n) is 7.19. The van der Waals surface area contributed by atoms with Crippen molar-refractivity contribution in [2.75, 3.05) is 12.3 Å². The first-order valence-electron chi connectivity index (χ1n) is 3.81. The average molecular weight is 219 g/mol. The smallest absolute Gasteiger partial charge is 0.212 e. The minimum atomic E-state index is -4.49. The highest BCUT2D eigenvalue weighted by Crippen LogP contribution is 2.12. The predicted octanol–water partition coefficient (Wildman–Crippen LogP) is 1.27. The monoisotopic (exact) mass is 219 g/mol. The van der Waals surface area contributed by atoms with E-state index in [1.165, 1.54) is 4.72 Å². The Hall–Kier alpha value is -0.300. The summed E-state index contributed by atoms with van der Waals surface area (Å²) >= 11 is 0. The molecule has 0 aliphatic carbocycles. The van der Waals surface area contributed by atoms with Gasteiger partial charge in [-0.1, -0.05) is 13.3 Å². The predicted molar refractivity (Wildman–Crippen MR) is 42.8 cm³/mol. The standard InChI is InChI=1S/C6H12F3NO2S/c1-2-3-4-13(11,12)10-5-6(7,8)9/h10H,2-5H2,1H3. The fraction of sp³-hybridized carbons (Fsp3) is 1.00. The first kappa shape index (κ1) is 12.7. The third-order valence-electron chi connectivity index (χ3n) is 1.26. The Balaban J connectivity index is 3.91. The van der Waals surface area contributed by atoms with E-state index < -0.39 is 22.7 Å². The van der Waals surface area contributed by atoms with Gasteiger partial charge in [-0.25, -0.2) is 13.1 Å². The van der Waals surface area contributed by atoms with Gasteiger partial charge in [0.25, 0.3) is 0 Å². The molecule has 0 unspecified atom stereocenters. The molecule has 0 saturated carbocycles. The van der Waals surface area contributed by atoms with Crippen molar-refractivity contribution in [1.82, 2.24) is 4.72 Å². The van der Waals surface area contributed by atoms with Gasteiger partial charge in [0, 0.05) is 0 Å². The maximum Gasteiger partial charge on any atom is 0.402 e. The zero-order valence-corrected chi connectivity index (χ0v) is 8.00. The Morgan fingerprint density at radius 3 is 2.23 bits per heavy atom. The number of unbranched alkanes of at least 4 members (excludes halogenated alkanes) is 1. The van der Waals surface area contributed by atoms with E-state index in [1.54, 1.807) is 6.92 Å². The number of rotatable bonds is 5. The summed E-state index contributed by atoms with van der Waals surface area (Å²) in [6.07, 6.45) is -3.49. The minimum absolute atomic E-state index is 0.250. The van der Waals surface area contributed by atoms with Gasteiger partial charge >= 0.3 is 6.18 Å².